The lowest BCUT2D eigenvalue weighted by atomic mass is 10.1. The number of ether oxygens (including phenoxy) is 1. The summed E-state index contributed by atoms with van der Waals surface area (Å²) in [6, 6.07) is 12.2. The summed E-state index contributed by atoms with van der Waals surface area (Å²) in [6.45, 7) is -2.89. The van der Waals surface area contributed by atoms with Crippen molar-refractivity contribution in [3.8, 4) is 17.0 Å². The van der Waals surface area contributed by atoms with E-state index in [0.717, 1.165) is 5.56 Å². The zero-order valence-electron chi connectivity index (χ0n) is 12.8. The number of carbonyl (C=O) groups is 1. The number of hydrogen-bond donors (Lipinski definition) is 2. The number of alkyl halides is 2. The van der Waals surface area contributed by atoms with Crippen molar-refractivity contribution in [1.29, 1.82) is 0 Å². The van der Waals surface area contributed by atoms with E-state index in [9.17, 15) is 13.6 Å². The summed E-state index contributed by atoms with van der Waals surface area (Å²) in [7, 11) is 0. The van der Waals surface area contributed by atoms with Gasteiger partial charge in [-0.1, -0.05) is 12.1 Å². The first-order valence-corrected chi connectivity index (χ1v) is 7.22. The molecule has 128 valence electrons. The predicted octanol–water partition coefficient (Wildman–Crippen LogP) is 4.59. The highest BCUT2D eigenvalue weighted by atomic mass is 19.3. The number of amides is 2. The summed E-state index contributed by atoms with van der Waals surface area (Å²) in [5.74, 6) is 0.0151. The van der Waals surface area contributed by atoms with Gasteiger partial charge in [0.2, 0.25) is 0 Å². The van der Waals surface area contributed by atoms with E-state index < -0.39 is 12.6 Å². The largest absolute Gasteiger partial charge is 0.451 e. The Labute approximate surface area is 141 Å². The molecule has 1 heterocycles. The third kappa shape index (κ3) is 4.54. The van der Waals surface area contributed by atoms with Crippen molar-refractivity contribution in [1.82, 2.24) is 4.98 Å². The number of hydrogen-bond acceptors (Lipinski definition) is 4. The molecule has 0 aliphatic heterocycles. The van der Waals surface area contributed by atoms with Crippen molar-refractivity contribution < 1.29 is 22.7 Å². The lowest BCUT2D eigenvalue weighted by Gasteiger charge is -2.09. The van der Waals surface area contributed by atoms with Gasteiger partial charge < -0.3 is 19.8 Å². The van der Waals surface area contributed by atoms with Gasteiger partial charge in [0.05, 0.1) is 0 Å². The topological polar surface area (TPSA) is 76.4 Å². The Morgan fingerprint density at radius 3 is 2.52 bits per heavy atom. The molecular formula is C17H13F2N3O3. The molecule has 0 unspecified atom stereocenters. The highest BCUT2D eigenvalue weighted by Gasteiger charge is 2.07. The molecule has 0 radical (unpaired) electrons. The molecule has 3 aromatic rings. The molecule has 1 aromatic heterocycles. The maximum Gasteiger partial charge on any atom is 0.387 e. The predicted molar refractivity (Wildman–Crippen MR) is 87.7 cm³/mol. The second-order valence-electron chi connectivity index (χ2n) is 4.94. The quantitative estimate of drug-likeness (QED) is 0.709. The number of nitrogens with zero attached hydrogens (tertiary/aromatic N) is 1. The lowest BCUT2D eigenvalue weighted by Crippen LogP contribution is -2.19. The van der Waals surface area contributed by atoms with Gasteiger partial charge in [0.15, 0.2) is 6.39 Å². The molecule has 2 N–H and O–H groups in total. The zero-order valence-corrected chi connectivity index (χ0v) is 12.8. The zero-order chi connectivity index (χ0) is 17.6. The molecule has 3 rings (SSSR count). The summed E-state index contributed by atoms with van der Waals surface area (Å²) in [6.07, 6.45) is 2.83. The third-order valence-corrected chi connectivity index (χ3v) is 3.19. The van der Waals surface area contributed by atoms with Crippen molar-refractivity contribution >= 4 is 17.4 Å². The first-order valence-electron chi connectivity index (χ1n) is 7.22. The number of benzene rings is 2. The number of nitrogens with one attached hydrogen (secondary N) is 2. The molecule has 0 bridgehead atoms. The second-order valence-corrected chi connectivity index (χ2v) is 4.94. The molecule has 0 aliphatic rings. The average Bonchev–Trinajstić information content (AvgIpc) is 3.11. The molecule has 0 fully saturated rings. The van der Waals surface area contributed by atoms with E-state index in [4.69, 9.17) is 4.42 Å². The van der Waals surface area contributed by atoms with Crippen LogP contribution in [0.25, 0.3) is 11.3 Å². The molecule has 0 spiro atoms. The molecular weight excluding hydrogens is 332 g/mol. The van der Waals surface area contributed by atoms with Crippen molar-refractivity contribution in [2.75, 3.05) is 10.6 Å². The van der Waals surface area contributed by atoms with E-state index in [1.807, 2.05) is 6.07 Å². The smallest absolute Gasteiger partial charge is 0.387 e. The van der Waals surface area contributed by atoms with Gasteiger partial charge in [0.25, 0.3) is 0 Å². The van der Waals surface area contributed by atoms with Crippen LogP contribution in [0.2, 0.25) is 0 Å². The SMILES string of the molecule is O=C(Nc1ccc(OC(F)F)cc1)Nc1cccc(-c2cocn2)c1. The molecule has 0 atom stereocenters. The number of aromatic nitrogens is 1. The fourth-order valence-corrected chi connectivity index (χ4v) is 2.12. The maximum atomic E-state index is 12.1. The summed E-state index contributed by atoms with van der Waals surface area (Å²) in [5, 5.41) is 5.28. The minimum atomic E-state index is -2.89. The van der Waals surface area contributed by atoms with Gasteiger partial charge in [-0.3, -0.25) is 0 Å². The Balaban J connectivity index is 1.62. The van der Waals surface area contributed by atoms with Crippen LogP contribution >= 0.6 is 0 Å². The van der Waals surface area contributed by atoms with Crippen LogP contribution in [-0.2, 0) is 0 Å². The van der Waals surface area contributed by atoms with Gasteiger partial charge in [-0.15, -0.1) is 0 Å². The Morgan fingerprint density at radius 2 is 1.84 bits per heavy atom. The van der Waals surface area contributed by atoms with Gasteiger partial charge in [0, 0.05) is 16.9 Å². The van der Waals surface area contributed by atoms with Crippen LogP contribution in [0.5, 0.6) is 5.75 Å². The Hall–Kier alpha value is -3.42. The number of anilines is 2. The van der Waals surface area contributed by atoms with Crippen LogP contribution in [0.3, 0.4) is 0 Å². The van der Waals surface area contributed by atoms with E-state index >= 15 is 0 Å². The van der Waals surface area contributed by atoms with Crippen LogP contribution in [-0.4, -0.2) is 17.6 Å². The monoisotopic (exact) mass is 345 g/mol. The summed E-state index contributed by atoms with van der Waals surface area (Å²) >= 11 is 0. The highest BCUT2D eigenvalue weighted by Crippen LogP contribution is 2.21. The minimum absolute atomic E-state index is 0.0151. The van der Waals surface area contributed by atoms with Gasteiger partial charge in [-0.25, -0.2) is 9.78 Å². The number of oxazole rings is 1. The summed E-state index contributed by atoms with van der Waals surface area (Å²) in [4.78, 5) is 16.1. The number of carbonyl (C=O) groups excluding carboxylic acids is 1. The second kappa shape index (κ2) is 7.43. The molecule has 25 heavy (non-hydrogen) atoms. The van der Waals surface area contributed by atoms with E-state index in [-0.39, 0.29) is 5.75 Å². The van der Waals surface area contributed by atoms with Crippen LogP contribution < -0.4 is 15.4 Å². The van der Waals surface area contributed by atoms with Crippen LogP contribution in [0.15, 0.2) is 65.6 Å². The summed E-state index contributed by atoms with van der Waals surface area (Å²) in [5.41, 5.74) is 2.45. The van der Waals surface area contributed by atoms with Gasteiger partial charge in [-0.05, 0) is 36.4 Å². The summed E-state index contributed by atoms with van der Waals surface area (Å²) < 4.78 is 33.4. The molecule has 0 aliphatic carbocycles. The van der Waals surface area contributed by atoms with E-state index in [1.165, 1.54) is 36.9 Å². The van der Waals surface area contributed by atoms with Gasteiger partial charge >= 0.3 is 12.6 Å². The molecule has 8 heteroatoms. The van der Waals surface area contributed by atoms with Crippen molar-refractivity contribution in [3.05, 3.63) is 61.2 Å². The van der Waals surface area contributed by atoms with Crippen molar-refractivity contribution in [2.24, 2.45) is 0 Å². The first-order chi connectivity index (χ1) is 12.1. The molecule has 0 saturated carbocycles. The van der Waals surface area contributed by atoms with E-state index in [0.29, 0.717) is 17.1 Å². The molecule has 2 amide bonds. The van der Waals surface area contributed by atoms with Crippen molar-refractivity contribution in [3.63, 3.8) is 0 Å². The first kappa shape index (κ1) is 16.4. The maximum absolute atomic E-state index is 12.1. The Morgan fingerprint density at radius 1 is 1.08 bits per heavy atom. The van der Waals surface area contributed by atoms with E-state index in [1.54, 1.807) is 18.2 Å². The van der Waals surface area contributed by atoms with Crippen molar-refractivity contribution in [2.45, 2.75) is 6.61 Å². The highest BCUT2D eigenvalue weighted by molar-refractivity contribution is 6.00. The Kier molecular flexibility index (Phi) is 4.89. The van der Waals surface area contributed by atoms with Gasteiger partial charge in [0.1, 0.15) is 17.7 Å². The average molecular weight is 345 g/mol. The molecule has 2 aromatic carbocycles. The van der Waals surface area contributed by atoms with Crippen LogP contribution in [0.4, 0.5) is 25.0 Å². The molecule has 6 nitrogen and oxygen atoms in total. The number of halogens is 2. The van der Waals surface area contributed by atoms with Gasteiger partial charge in [-0.2, -0.15) is 8.78 Å². The fraction of sp³-hybridized carbons (Fsp3) is 0.0588. The minimum Gasteiger partial charge on any atom is -0.451 e. The number of urea groups is 1. The normalized spacial score (nSPS) is 10.5. The van der Waals surface area contributed by atoms with Crippen LogP contribution in [0, 0.1) is 0 Å². The van der Waals surface area contributed by atoms with E-state index in [2.05, 4.69) is 20.4 Å². The Bertz CT molecular complexity index is 837. The lowest BCUT2D eigenvalue weighted by molar-refractivity contribution is -0.0498. The number of rotatable bonds is 5. The van der Waals surface area contributed by atoms with Crippen LogP contribution in [0.1, 0.15) is 0 Å². The molecule has 0 saturated heterocycles. The fourth-order valence-electron chi connectivity index (χ4n) is 2.12. The standard InChI is InChI=1S/C17H13F2N3O3/c18-16(19)25-14-6-4-12(5-7-14)21-17(23)22-13-3-1-2-11(8-13)15-9-24-10-20-15/h1-10,16H,(H2,21,22,23). The third-order valence-electron chi connectivity index (χ3n) is 3.19.